The largest absolute Gasteiger partial charge is 0.471 e. The molecule has 0 radical (unpaired) electrons. The fourth-order valence-electron chi connectivity index (χ4n) is 2.92. The van der Waals surface area contributed by atoms with Crippen LogP contribution in [0.4, 0.5) is 0 Å². The van der Waals surface area contributed by atoms with Crippen LogP contribution in [0.1, 0.15) is 29.5 Å². The molecule has 4 rings (SSSR count). The van der Waals surface area contributed by atoms with Crippen molar-refractivity contribution in [2.75, 3.05) is 0 Å². The van der Waals surface area contributed by atoms with Gasteiger partial charge in [-0.25, -0.2) is 15.0 Å². The minimum Gasteiger partial charge on any atom is -0.471 e. The molecule has 3 aromatic rings. The monoisotopic (exact) mass is 320 g/mol. The number of ether oxygens (including phenoxy) is 1. The molecular formula is C18H16N4O2. The third-order valence-corrected chi connectivity index (χ3v) is 4.08. The molecule has 24 heavy (non-hydrogen) atoms. The Bertz CT molecular complexity index is 840. The Hall–Kier alpha value is -2.86. The third kappa shape index (κ3) is 2.83. The average Bonchev–Trinajstić information content (AvgIpc) is 3.02. The molecule has 6 nitrogen and oxygen atoms in total. The first-order chi connectivity index (χ1) is 11.8. The van der Waals surface area contributed by atoms with E-state index in [1.807, 2.05) is 24.3 Å². The quantitative estimate of drug-likeness (QED) is 0.795. The zero-order valence-electron chi connectivity index (χ0n) is 13.0. The summed E-state index contributed by atoms with van der Waals surface area (Å²) in [6.45, 7) is 0.327. The van der Waals surface area contributed by atoms with Gasteiger partial charge >= 0.3 is 0 Å². The number of hydrogen-bond donors (Lipinski definition) is 1. The maximum absolute atomic E-state index is 10.2. The summed E-state index contributed by atoms with van der Waals surface area (Å²) in [6.07, 6.45) is 7.65. The van der Waals surface area contributed by atoms with Crippen molar-refractivity contribution in [2.24, 2.45) is 0 Å². The van der Waals surface area contributed by atoms with Gasteiger partial charge in [0.1, 0.15) is 12.9 Å². The number of fused-ring (bicyclic) bond motifs is 1. The fourth-order valence-corrected chi connectivity index (χ4v) is 2.92. The first-order valence-electron chi connectivity index (χ1n) is 7.81. The Balaban J connectivity index is 1.69. The van der Waals surface area contributed by atoms with Crippen molar-refractivity contribution in [1.82, 2.24) is 19.9 Å². The van der Waals surface area contributed by atoms with Crippen molar-refractivity contribution in [2.45, 2.75) is 25.6 Å². The lowest BCUT2D eigenvalue weighted by Crippen LogP contribution is -2.03. The van der Waals surface area contributed by atoms with Crippen LogP contribution in [0.15, 0.2) is 49.2 Å². The Morgan fingerprint density at radius 1 is 1.21 bits per heavy atom. The fraction of sp³-hybridized carbons (Fsp3) is 0.222. The predicted molar refractivity (Wildman–Crippen MR) is 87.1 cm³/mol. The van der Waals surface area contributed by atoms with Gasteiger partial charge in [0.25, 0.3) is 0 Å². The second kappa shape index (κ2) is 6.33. The summed E-state index contributed by atoms with van der Waals surface area (Å²) < 4.78 is 5.80. The van der Waals surface area contributed by atoms with E-state index >= 15 is 0 Å². The summed E-state index contributed by atoms with van der Waals surface area (Å²) in [5, 5.41) is 10.2. The van der Waals surface area contributed by atoms with Crippen LogP contribution >= 0.6 is 0 Å². The molecule has 3 heterocycles. The Labute approximate surface area is 139 Å². The van der Waals surface area contributed by atoms with E-state index in [1.54, 1.807) is 18.6 Å². The van der Waals surface area contributed by atoms with Crippen LogP contribution in [0.3, 0.4) is 0 Å². The summed E-state index contributed by atoms with van der Waals surface area (Å²) in [4.78, 5) is 16.9. The maximum atomic E-state index is 10.2. The number of nitrogens with zero attached hydrogens (tertiary/aromatic N) is 4. The summed E-state index contributed by atoms with van der Waals surface area (Å²) in [6, 6.07) is 7.56. The van der Waals surface area contributed by atoms with E-state index in [-0.39, 0.29) is 0 Å². The summed E-state index contributed by atoms with van der Waals surface area (Å²) in [5.41, 5.74) is 4.42. The normalized spacial score (nSPS) is 16.0. The van der Waals surface area contributed by atoms with Crippen LogP contribution in [-0.2, 0) is 13.0 Å². The van der Waals surface area contributed by atoms with Crippen molar-refractivity contribution in [3.8, 4) is 17.0 Å². The zero-order valence-corrected chi connectivity index (χ0v) is 13.0. The molecule has 0 spiro atoms. The van der Waals surface area contributed by atoms with Gasteiger partial charge < -0.3 is 9.84 Å². The average molecular weight is 320 g/mol. The van der Waals surface area contributed by atoms with Gasteiger partial charge in [-0.15, -0.1) is 0 Å². The third-order valence-electron chi connectivity index (χ3n) is 4.08. The highest BCUT2D eigenvalue weighted by molar-refractivity contribution is 5.68. The Morgan fingerprint density at radius 2 is 2.08 bits per heavy atom. The van der Waals surface area contributed by atoms with Crippen molar-refractivity contribution >= 4 is 0 Å². The number of aliphatic hydroxyl groups is 1. The van der Waals surface area contributed by atoms with Crippen LogP contribution < -0.4 is 4.74 Å². The van der Waals surface area contributed by atoms with E-state index in [4.69, 9.17) is 4.74 Å². The lowest BCUT2D eigenvalue weighted by Gasteiger charge is -2.12. The molecular weight excluding hydrogens is 304 g/mol. The number of aliphatic hydroxyl groups excluding tert-OH is 1. The van der Waals surface area contributed by atoms with Crippen LogP contribution in [0.5, 0.6) is 5.88 Å². The molecule has 1 aliphatic rings. The molecule has 120 valence electrons. The van der Waals surface area contributed by atoms with Gasteiger partial charge in [0, 0.05) is 30.2 Å². The van der Waals surface area contributed by atoms with Crippen molar-refractivity contribution in [3.05, 3.63) is 66.1 Å². The maximum Gasteiger partial charge on any atom is 0.214 e. The Kier molecular flexibility index (Phi) is 3.88. The number of aromatic nitrogens is 4. The molecule has 3 aromatic heterocycles. The smallest absolute Gasteiger partial charge is 0.214 e. The first-order valence-corrected chi connectivity index (χ1v) is 7.81. The minimum absolute atomic E-state index is 0.327. The van der Waals surface area contributed by atoms with E-state index < -0.39 is 6.10 Å². The van der Waals surface area contributed by atoms with Crippen molar-refractivity contribution in [3.63, 3.8) is 0 Å². The second-order valence-corrected chi connectivity index (χ2v) is 5.66. The molecule has 1 atom stereocenters. The Morgan fingerprint density at radius 3 is 2.88 bits per heavy atom. The molecule has 0 fully saturated rings. The van der Waals surface area contributed by atoms with E-state index in [2.05, 4.69) is 19.9 Å². The van der Waals surface area contributed by atoms with Crippen LogP contribution in [0.2, 0.25) is 0 Å². The highest BCUT2D eigenvalue weighted by Crippen LogP contribution is 2.38. The minimum atomic E-state index is -0.554. The van der Waals surface area contributed by atoms with E-state index in [9.17, 15) is 5.11 Å². The molecule has 0 amide bonds. The zero-order chi connectivity index (χ0) is 16.4. The summed E-state index contributed by atoms with van der Waals surface area (Å²) in [5.74, 6) is 0.471. The highest BCUT2D eigenvalue weighted by Gasteiger charge is 2.26. The summed E-state index contributed by atoms with van der Waals surface area (Å²) >= 11 is 0. The van der Waals surface area contributed by atoms with Crippen LogP contribution in [0, 0.1) is 0 Å². The van der Waals surface area contributed by atoms with Gasteiger partial charge in [0.15, 0.2) is 0 Å². The molecule has 0 aromatic carbocycles. The van der Waals surface area contributed by atoms with Gasteiger partial charge in [0.05, 0.1) is 17.5 Å². The SMILES string of the molecule is OC1CCc2c(-c3cncnc3)cc(OCc3ccccn3)nc21. The highest BCUT2D eigenvalue weighted by atomic mass is 16.5. The van der Waals surface area contributed by atoms with Gasteiger partial charge in [-0.1, -0.05) is 6.07 Å². The van der Waals surface area contributed by atoms with Gasteiger partial charge in [-0.05, 0) is 36.1 Å². The van der Waals surface area contributed by atoms with E-state index in [0.717, 1.165) is 28.8 Å². The summed E-state index contributed by atoms with van der Waals surface area (Å²) in [7, 11) is 0. The topological polar surface area (TPSA) is 81.0 Å². The number of hydrogen-bond acceptors (Lipinski definition) is 6. The molecule has 0 saturated carbocycles. The molecule has 1 aliphatic carbocycles. The molecule has 0 saturated heterocycles. The standard InChI is InChI=1S/C18H16N4O2/c23-16-5-4-14-15(12-8-19-11-20-9-12)7-17(22-18(14)16)24-10-13-3-1-2-6-21-13/h1-3,6-9,11,16,23H,4-5,10H2. The lowest BCUT2D eigenvalue weighted by molar-refractivity contribution is 0.174. The van der Waals surface area contributed by atoms with Crippen LogP contribution in [0.25, 0.3) is 11.1 Å². The molecule has 1 unspecified atom stereocenters. The van der Waals surface area contributed by atoms with Crippen molar-refractivity contribution in [1.29, 1.82) is 0 Å². The molecule has 0 aliphatic heterocycles. The van der Waals surface area contributed by atoms with Gasteiger partial charge in [-0.3, -0.25) is 4.98 Å². The predicted octanol–water partition coefficient (Wildman–Crippen LogP) is 2.49. The molecule has 0 bridgehead atoms. The number of rotatable bonds is 4. The lowest BCUT2D eigenvalue weighted by atomic mass is 10.0. The van der Waals surface area contributed by atoms with Crippen LogP contribution in [-0.4, -0.2) is 25.0 Å². The molecule has 1 N–H and O–H groups in total. The van der Waals surface area contributed by atoms with Gasteiger partial charge in [0.2, 0.25) is 5.88 Å². The second-order valence-electron chi connectivity index (χ2n) is 5.66. The van der Waals surface area contributed by atoms with Gasteiger partial charge in [-0.2, -0.15) is 0 Å². The van der Waals surface area contributed by atoms with E-state index in [0.29, 0.717) is 24.6 Å². The first kappa shape index (κ1) is 14.7. The van der Waals surface area contributed by atoms with E-state index in [1.165, 1.54) is 6.33 Å². The number of pyridine rings is 2. The molecule has 6 heteroatoms. The van der Waals surface area contributed by atoms with Crippen molar-refractivity contribution < 1.29 is 9.84 Å².